The molecular formula is C28H59NO3. The number of aliphatic hydroxyl groups is 1. The molecule has 0 saturated carbocycles. The molecular weight excluding hydrogens is 398 g/mol. The zero-order chi connectivity index (χ0) is 23.4. The Morgan fingerprint density at radius 2 is 0.781 bits per heavy atom. The largest absolute Gasteiger partial charge is 0.395 e. The van der Waals surface area contributed by atoms with Gasteiger partial charge in [-0.1, -0.05) is 129 Å². The van der Waals surface area contributed by atoms with Gasteiger partial charge in [-0.3, -0.25) is 4.90 Å². The van der Waals surface area contributed by atoms with Crippen molar-refractivity contribution in [3.05, 3.63) is 0 Å². The lowest BCUT2D eigenvalue weighted by atomic mass is 10.1. The molecule has 0 aliphatic carbocycles. The number of unbranched alkanes of at least 4 members (excludes halogenated alkanes) is 18. The summed E-state index contributed by atoms with van der Waals surface area (Å²) in [7, 11) is 0. The summed E-state index contributed by atoms with van der Waals surface area (Å²) in [5, 5.41) is 9.27. The lowest BCUT2D eigenvalue weighted by Gasteiger charge is -2.21. The van der Waals surface area contributed by atoms with Crippen molar-refractivity contribution in [1.29, 1.82) is 0 Å². The Labute approximate surface area is 201 Å². The van der Waals surface area contributed by atoms with E-state index in [2.05, 4.69) is 18.7 Å². The molecule has 0 amide bonds. The maximum Gasteiger partial charge on any atom is 0.101 e. The van der Waals surface area contributed by atoms with Gasteiger partial charge in [0, 0.05) is 19.8 Å². The summed E-state index contributed by atoms with van der Waals surface area (Å²) in [6, 6.07) is 0. The highest BCUT2D eigenvalue weighted by atomic mass is 16.5. The second kappa shape index (κ2) is 28.9. The molecule has 0 radical (unpaired) electrons. The van der Waals surface area contributed by atoms with E-state index < -0.39 is 0 Å². The molecule has 0 heterocycles. The van der Waals surface area contributed by atoms with E-state index in [1.54, 1.807) is 0 Å². The van der Waals surface area contributed by atoms with E-state index in [9.17, 15) is 5.11 Å². The molecule has 0 atom stereocenters. The molecule has 0 aromatic rings. The highest BCUT2D eigenvalue weighted by Crippen LogP contribution is 2.11. The van der Waals surface area contributed by atoms with Crippen molar-refractivity contribution < 1.29 is 14.6 Å². The zero-order valence-electron chi connectivity index (χ0n) is 22.1. The van der Waals surface area contributed by atoms with Crippen molar-refractivity contribution in [1.82, 2.24) is 4.90 Å². The van der Waals surface area contributed by atoms with Crippen LogP contribution in [0.1, 0.15) is 142 Å². The highest BCUT2D eigenvalue weighted by molar-refractivity contribution is 4.50. The van der Waals surface area contributed by atoms with Crippen LogP contribution in [0.3, 0.4) is 0 Å². The van der Waals surface area contributed by atoms with Gasteiger partial charge >= 0.3 is 0 Å². The molecule has 0 aromatic carbocycles. The van der Waals surface area contributed by atoms with Crippen LogP contribution in [0.4, 0.5) is 0 Å². The Bertz CT molecular complexity index is 300. The minimum absolute atomic E-state index is 0.156. The quantitative estimate of drug-likeness (QED) is 0.0952. The standard InChI is InChI=1S/C28H59NO3/c1-3-5-7-9-11-13-15-17-19-21-25-31-27-29(23-24-30)28-32-26-22-20-18-16-14-12-10-8-6-4-2/h30H,3-28H2,1-2H3. The summed E-state index contributed by atoms with van der Waals surface area (Å²) in [4.78, 5) is 2.06. The molecule has 4 nitrogen and oxygen atoms in total. The van der Waals surface area contributed by atoms with E-state index in [1.807, 2.05) is 0 Å². The van der Waals surface area contributed by atoms with Gasteiger partial charge in [-0.05, 0) is 12.8 Å². The fraction of sp³-hybridized carbons (Fsp3) is 1.00. The minimum Gasteiger partial charge on any atom is -0.395 e. The van der Waals surface area contributed by atoms with Crippen LogP contribution in [0.15, 0.2) is 0 Å². The topological polar surface area (TPSA) is 41.9 Å². The zero-order valence-corrected chi connectivity index (χ0v) is 22.1. The summed E-state index contributed by atoms with van der Waals surface area (Å²) in [6.45, 7) is 8.09. The van der Waals surface area contributed by atoms with Gasteiger partial charge in [-0.2, -0.15) is 0 Å². The average Bonchev–Trinajstić information content (AvgIpc) is 2.80. The first-order valence-corrected chi connectivity index (χ1v) is 14.3. The van der Waals surface area contributed by atoms with Gasteiger partial charge in [0.25, 0.3) is 0 Å². The molecule has 0 bridgehead atoms. The van der Waals surface area contributed by atoms with Crippen molar-refractivity contribution in [3.8, 4) is 0 Å². The monoisotopic (exact) mass is 457 g/mol. The first kappa shape index (κ1) is 31.8. The summed E-state index contributed by atoms with van der Waals surface area (Å²) < 4.78 is 11.6. The Hall–Kier alpha value is -0.160. The minimum atomic E-state index is 0.156. The lowest BCUT2D eigenvalue weighted by molar-refractivity contribution is -0.0515. The van der Waals surface area contributed by atoms with Crippen LogP contribution in [0, 0.1) is 0 Å². The first-order chi connectivity index (χ1) is 15.8. The molecule has 32 heavy (non-hydrogen) atoms. The van der Waals surface area contributed by atoms with E-state index in [1.165, 1.54) is 116 Å². The van der Waals surface area contributed by atoms with E-state index in [0.717, 1.165) is 26.1 Å². The van der Waals surface area contributed by atoms with Crippen LogP contribution in [0.5, 0.6) is 0 Å². The Balaban J connectivity index is 3.39. The third-order valence-electron chi connectivity index (χ3n) is 6.25. The van der Waals surface area contributed by atoms with Gasteiger partial charge in [-0.25, -0.2) is 0 Å². The summed E-state index contributed by atoms with van der Waals surface area (Å²) in [5.74, 6) is 0. The second-order valence-electron chi connectivity index (χ2n) is 9.56. The van der Waals surface area contributed by atoms with Crippen LogP contribution in [0.2, 0.25) is 0 Å². The number of rotatable bonds is 28. The van der Waals surface area contributed by atoms with Crippen molar-refractivity contribution >= 4 is 0 Å². The maximum atomic E-state index is 9.27. The summed E-state index contributed by atoms with van der Waals surface area (Å²) in [6.07, 6.45) is 27.0. The van der Waals surface area contributed by atoms with E-state index in [0.29, 0.717) is 20.0 Å². The van der Waals surface area contributed by atoms with Gasteiger partial charge in [0.1, 0.15) is 13.5 Å². The molecule has 4 heteroatoms. The van der Waals surface area contributed by atoms with Gasteiger partial charge in [-0.15, -0.1) is 0 Å². The number of aliphatic hydroxyl groups excluding tert-OH is 1. The summed E-state index contributed by atoms with van der Waals surface area (Å²) in [5.41, 5.74) is 0. The summed E-state index contributed by atoms with van der Waals surface area (Å²) >= 11 is 0. The second-order valence-corrected chi connectivity index (χ2v) is 9.56. The Morgan fingerprint density at radius 1 is 0.469 bits per heavy atom. The van der Waals surface area contributed by atoms with Crippen LogP contribution in [0.25, 0.3) is 0 Å². The molecule has 0 saturated heterocycles. The van der Waals surface area contributed by atoms with E-state index >= 15 is 0 Å². The molecule has 0 unspecified atom stereocenters. The number of nitrogens with zero attached hydrogens (tertiary/aromatic N) is 1. The van der Waals surface area contributed by atoms with E-state index in [4.69, 9.17) is 9.47 Å². The Morgan fingerprint density at radius 3 is 1.09 bits per heavy atom. The first-order valence-electron chi connectivity index (χ1n) is 14.3. The third kappa shape index (κ3) is 26.1. The third-order valence-corrected chi connectivity index (χ3v) is 6.25. The van der Waals surface area contributed by atoms with Gasteiger partial charge in [0.15, 0.2) is 0 Å². The fourth-order valence-corrected chi connectivity index (χ4v) is 4.08. The molecule has 0 spiro atoms. The SMILES string of the molecule is CCCCCCCCCCCCOCN(CCO)COCCCCCCCCCCCC. The van der Waals surface area contributed by atoms with Crippen molar-refractivity contribution in [2.24, 2.45) is 0 Å². The molecule has 0 aliphatic heterocycles. The predicted molar refractivity (Wildman–Crippen MR) is 139 cm³/mol. The van der Waals surface area contributed by atoms with Crippen LogP contribution >= 0.6 is 0 Å². The van der Waals surface area contributed by atoms with Gasteiger partial charge in [0.2, 0.25) is 0 Å². The lowest BCUT2D eigenvalue weighted by Crippen LogP contribution is -2.32. The molecule has 0 aliphatic rings. The molecule has 194 valence electrons. The molecule has 0 fully saturated rings. The molecule has 0 aromatic heterocycles. The maximum absolute atomic E-state index is 9.27. The predicted octanol–water partition coefficient (Wildman–Crippen LogP) is 8.07. The molecule has 0 rings (SSSR count). The number of hydrogen-bond acceptors (Lipinski definition) is 4. The van der Waals surface area contributed by atoms with Crippen molar-refractivity contribution in [3.63, 3.8) is 0 Å². The average molecular weight is 458 g/mol. The molecule has 1 N–H and O–H groups in total. The van der Waals surface area contributed by atoms with Crippen molar-refractivity contribution in [2.75, 3.05) is 39.8 Å². The highest BCUT2D eigenvalue weighted by Gasteiger charge is 2.04. The van der Waals surface area contributed by atoms with E-state index in [-0.39, 0.29) is 6.61 Å². The fourth-order valence-electron chi connectivity index (χ4n) is 4.08. The number of ether oxygens (including phenoxy) is 2. The van der Waals surface area contributed by atoms with Gasteiger partial charge < -0.3 is 14.6 Å². The van der Waals surface area contributed by atoms with Crippen LogP contribution in [-0.2, 0) is 9.47 Å². The smallest absolute Gasteiger partial charge is 0.101 e. The van der Waals surface area contributed by atoms with Crippen molar-refractivity contribution in [2.45, 2.75) is 142 Å². The number of hydrogen-bond donors (Lipinski definition) is 1. The van der Waals surface area contributed by atoms with Crippen LogP contribution in [-0.4, -0.2) is 49.8 Å². The Kier molecular flexibility index (Phi) is 28.7. The normalized spacial score (nSPS) is 11.6. The van der Waals surface area contributed by atoms with Crippen LogP contribution < -0.4 is 0 Å². The van der Waals surface area contributed by atoms with Gasteiger partial charge in [0.05, 0.1) is 6.61 Å².